The molecule has 1 aromatic heterocycles. The highest BCUT2D eigenvalue weighted by Gasteiger charge is 2.51. The van der Waals surface area contributed by atoms with Gasteiger partial charge in [-0.2, -0.15) is 0 Å². The van der Waals surface area contributed by atoms with E-state index in [0.29, 0.717) is 43.6 Å². The first-order chi connectivity index (χ1) is 16.5. The fourth-order valence-corrected chi connectivity index (χ4v) is 4.79. The van der Waals surface area contributed by atoms with Crippen molar-refractivity contribution in [3.05, 3.63) is 83.2 Å². The summed E-state index contributed by atoms with van der Waals surface area (Å²) in [6.45, 7) is 4.14. The lowest BCUT2D eigenvalue weighted by molar-refractivity contribution is -0.137. The van der Waals surface area contributed by atoms with Crippen LogP contribution in [0.25, 0.3) is 22.4 Å². The molecule has 1 spiro atoms. The number of fused-ring (bicyclic) bond motifs is 1. The van der Waals surface area contributed by atoms with Crippen molar-refractivity contribution in [1.29, 1.82) is 0 Å². The SMILES string of the molecule is CCOC(=O)C=C1CCC2(CC1)OC(c1ccc3nccnc3c1)=C(c1cccc(C)c1)C2=O. The third-order valence-corrected chi connectivity index (χ3v) is 6.51. The zero-order valence-corrected chi connectivity index (χ0v) is 19.3. The van der Waals surface area contributed by atoms with Crippen molar-refractivity contribution in [3.8, 4) is 0 Å². The minimum absolute atomic E-state index is 0.00234. The van der Waals surface area contributed by atoms with Crippen LogP contribution in [0.15, 0.2) is 66.5 Å². The van der Waals surface area contributed by atoms with Gasteiger partial charge in [0.1, 0.15) is 5.76 Å². The molecular formula is C28H26N2O4. The van der Waals surface area contributed by atoms with E-state index in [9.17, 15) is 9.59 Å². The van der Waals surface area contributed by atoms with Gasteiger partial charge in [-0.15, -0.1) is 0 Å². The number of carbonyl (C=O) groups excluding carboxylic acids is 2. The highest BCUT2D eigenvalue weighted by Crippen LogP contribution is 2.49. The maximum absolute atomic E-state index is 14.0. The number of ketones is 1. The molecule has 0 bridgehead atoms. The van der Waals surface area contributed by atoms with E-state index in [1.165, 1.54) is 0 Å². The number of benzene rings is 2. The van der Waals surface area contributed by atoms with Crippen LogP contribution in [0.2, 0.25) is 0 Å². The molecule has 172 valence electrons. The van der Waals surface area contributed by atoms with Crippen LogP contribution < -0.4 is 0 Å². The Labute approximate surface area is 198 Å². The minimum atomic E-state index is -0.933. The predicted octanol–water partition coefficient (Wildman–Crippen LogP) is 5.21. The van der Waals surface area contributed by atoms with Gasteiger partial charge >= 0.3 is 5.97 Å². The van der Waals surface area contributed by atoms with Crippen LogP contribution in [0.3, 0.4) is 0 Å². The molecule has 0 atom stereocenters. The molecule has 6 heteroatoms. The molecule has 2 heterocycles. The summed E-state index contributed by atoms with van der Waals surface area (Å²) in [4.78, 5) is 34.6. The van der Waals surface area contributed by atoms with E-state index >= 15 is 0 Å². The zero-order chi connectivity index (χ0) is 23.7. The number of carbonyl (C=O) groups is 2. The number of rotatable bonds is 4. The van der Waals surface area contributed by atoms with Crippen LogP contribution in [0.5, 0.6) is 0 Å². The Kier molecular flexibility index (Phi) is 5.74. The van der Waals surface area contributed by atoms with Gasteiger partial charge in [0.15, 0.2) is 5.60 Å². The lowest BCUT2D eigenvalue weighted by Crippen LogP contribution is -2.39. The van der Waals surface area contributed by atoms with E-state index in [0.717, 1.165) is 33.3 Å². The first-order valence-electron chi connectivity index (χ1n) is 11.6. The fraction of sp³-hybridized carbons (Fsp3) is 0.286. The standard InChI is InChI=1S/C28H26N2O4/c1-3-33-24(31)16-19-9-11-28(12-10-19)27(32)25(20-6-4-5-18(2)15-20)26(34-28)21-7-8-22-23(17-21)30-14-13-29-22/h4-8,13-17H,3,9-12H2,1-2H3. The Morgan fingerprint density at radius 2 is 1.82 bits per heavy atom. The second kappa shape index (κ2) is 8.86. The van der Waals surface area contributed by atoms with Crippen LogP contribution in [-0.4, -0.2) is 33.9 Å². The molecule has 5 rings (SSSR count). The van der Waals surface area contributed by atoms with Crippen molar-refractivity contribution >= 4 is 34.1 Å². The van der Waals surface area contributed by atoms with E-state index in [1.807, 2.05) is 49.4 Å². The lowest BCUT2D eigenvalue weighted by Gasteiger charge is -2.33. The van der Waals surface area contributed by atoms with E-state index in [2.05, 4.69) is 9.97 Å². The van der Waals surface area contributed by atoms with Gasteiger partial charge in [0.05, 0.1) is 23.2 Å². The normalized spacial score (nSPS) is 20.1. The van der Waals surface area contributed by atoms with Crippen molar-refractivity contribution in [1.82, 2.24) is 9.97 Å². The predicted molar refractivity (Wildman–Crippen MR) is 130 cm³/mol. The molecule has 0 unspecified atom stereocenters. The van der Waals surface area contributed by atoms with Crippen LogP contribution in [0.4, 0.5) is 0 Å². The second-order valence-corrected chi connectivity index (χ2v) is 8.81. The molecule has 2 aliphatic rings. The summed E-state index contributed by atoms with van der Waals surface area (Å²) in [6.07, 6.45) is 7.14. The number of hydrogen-bond donors (Lipinski definition) is 0. The number of hydrogen-bond acceptors (Lipinski definition) is 6. The summed E-state index contributed by atoms with van der Waals surface area (Å²) in [5, 5.41) is 0. The molecule has 0 saturated heterocycles. The molecule has 2 aromatic carbocycles. The third kappa shape index (κ3) is 4.00. The van der Waals surface area contributed by atoms with E-state index in [-0.39, 0.29) is 11.8 Å². The number of Topliss-reactive ketones (excluding diaryl/α,β-unsaturated/α-hetero) is 1. The average molecular weight is 455 g/mol. The number of esters is 1. The molecule has 0 N–H and O–H groups in total. The smallest absolute Gasteiger partial charge is 0.330 e. The van der Waals surface area contributed by atoms with E-state index < -0.39 is 5.60 Å². The summed E-state index contributed by atoms with van der Waals surface area (Å²) in [6, 6.07) is 13.7. The molecule has 3 aromatic rings. The van der Waals surface area contributed by atoms with E-state index in [1.54, 1.807) is 25.4 Å². The number of aromatic nitrogens is 2. The van der Waals surface area contributed by atoms with Gasteiger partial charge in [-0.05, 0) is 63.3 Å². The first-order valence-corrected chi connectivity index (χ1v) is 11.6. The summed E-state index contributed by atoms with van der Waals surface area (Å²) in [5.74, 6) is 0.257. The first kappa shape index (κ1) is 22.0. The van der Waals surface area contributed by atoms with Crippen molar-refractivity contribution < 1.29 is 19.1 Å². The Balaban J connectivity index is 1.54. The molecule has 1 saturated carbocycles. The van der Waals surface area contributed by atoms with Crippen molar-refractivity contribution in [2.24, 2.45) is 0 Å². The molecule has 1 fully saturated rings. The topological polar surface area (TPSA) is 78.4 Å². The van der Waals surface area contributed by atoms with Gasteiger partial charge in [0.2, 0.25) is 5.78 Å². The largest absolute Gasteiger partial charge is 0.478 e. The number of ether oxygens (including phenoxy) is 2. The monoisotopic (exact) mass is 454 g/mol. The minimum Gasteiger partial charge on any atom is -0.478 e. The molecule has 1 aliphatic carbocycles. The van der Waals surface area contributed by atoms with Gasteiger partial charge < -0.3 is 9.47 Å². The summed E-state index contributed by atoms with van der Waals surface area (Å²) in [5.41, 5.74) is 4.93. The fourth-order valence-electron chi connectivity index (χ4n) is 4.79. The quantitative estimate of drug-likeness (QED) is 0.398. The number of allylic oxidation sites excluding steroid dienone is 1. The van der Waals surface area contributed by atoms with Crippen LogP contribution in [0, 0.1) is 6.92 Å². The van der Waals surface area contributed by atoms with Gasteiger partial charge in [-0.25, -0.2) is 4.79 Å². The van der Waals surface area contributed by atoms with Gasteiger partial charge in [-0.1, -0.05) is 35.4 Å². The maximum atomic E-state index is 14.0. The zero-order valence-electron chi connectivity index (χ0n) is 19.3. The highest BCUT2D eigenvalue weighted by atomic mass is 16.5. The van der Waals surface area contributed by atoms with Crippen LogP contribution in [-0.2, 0) is 19.1 Å². The van der Waals surface area contributed by atoms with Gasteiger partial charge in [-0.3, -0.25) is 14.8 Å². The average Bonchev–Trinajstić information content (AvgIpc) is 3.12. The second-order valence-electron chi connectivity index (χ2n) is 8.81. The van der Waals surface area contributed by atoms with Crippen molar-refractivity contribution in [2.75, 3.05) is 6.61 Å². The highest BCUT2D eigenvalue weighted by molar-refractivity contribution is 6.33. The molecule has 0 radical (unpaired) electrons. The van der Waals surface area contributed by atoms with Gasteiger partial charge in [0, 0.05) is 24.0 Å². The molecule has 34 heavy (non-hydrogen) atoms. The number of aryl methyl sites for hydroxylation is 1. The maximum Gasteiger partial charge on any atom is 0.330 e. The Bertz CT molecular complexity index is 1350. The lowest BCUT2D eigenvalue weighted by atomic mass is 9.77. The molecule has 1 aliphatic heterocycles. The Morgan fingerprint density at radius 3 is 2.56 bits per heavy atom. The molecule has 6 nitrogen and oxygen atoms in total. The van der Waals surface area contributed by atoms with Crippen LogP contribution >= 0.6 is 0 Å². The van der Waals surface area contributed by atoms with Crippen LogP contribution in [0.1, 0.15) is 49.3 Å². The van der Waals surface area contributed by atoms with Crippen molar-refractivity contribution in [2.45, 2.75) is 45.1 Å². The Morgan fingerprint density at radius 1 is 1.06 bits per heavy atom. The Hall–Kier alpha value is -3.80. The van der Waals surface area contributed by atoms with Crippen molar-refractivity contribution in [3.63, 3.8) is 0 Å². The van der Waals surface area contributed by atoms with Gasteiger partial charge in [0.25, 0.3) is 0 Å². The third-order valence-electron chi connectivity index (χ3n) is 6.51. The summed E-state index contributed by atoms with van der Waals surface area (Å²) >= 11 is 0. The summed E-state index contributed by atoms with van der Waals surface area (Å²) < 4.78 is 11.6. The molecule has 0 amide bonds. The number of nitrogens with zero attached hydrogens (tertiary/aromatic N) is 2. The van der Waals surface area contributed by atoms with E-state index in [4.69, 9.17) is 9.47 Å². The summed E-state index contributed by atoms with van der Waals surface area (Å²) in [7, 11) is 0. The molecular weight excluding hydrogens is 428 g/mol.